The van der Waals surface area contributed by atoms with Crippen LogP contribution in [-0.2, 0) is 18.6 Å². The van der Waals surface area contributed by atoms with E-state index in [2.05, 4.69) is 10.6 Å². The van der Waals surface area contributed by atoms with Gasteiger partial charge in [-0.3, -0.25) is 13.9 Å². The van der Waals surface area contributed by atoms with Crippen molar-refractivity contribution in [1.29, 1.82) is 5.26 Å². The molecular weight excluding hydrogens is 375 g/mol. The second kappa shape index (κ2) is 7.23. The first-order valence-electron chi connectivity index (χ1n) is 8.45. The zero-order valence-electron chi connectivity index (χ0n) is 15.0. The van der Waals surface area contributed by atoms with Gasteiger partial charge in [0.15, 0.2) is 6.79 Å². The maximum Gasteiger partial charge on any atom is 0.267 e. The highest BCUT2D eigenvalue weighted by atomic mass is 31.2. The molecule has 27 heavy (non-hydrogen) atoms. The molecule has 0 radical (unpaired) electrons. The van der Waals surface area contributed by atoms with Gasteiger partial charge >= 0.3 is 0 Å². The summed E-state index contributed by atoms with van der Waals surface area (Å²) in [6.45, 7) is 3.29. The van der Waals surface area contributed by atoms with E-state index in [-0.39, 0.29) is 5.91 Å². The highest BCUT2D eigenvalue weighted by molar-refractivity contribution is 7.44. The molecule has 2 aliphatic heterocycles. The number of amides is 1. The number of carbonyl (C=O) groups excluding carboxylic acids is 1. The minimum absolute atomic E-state index is 0.0582. The summed E-state index contributed by atoms with van der Waals surface area (Å²) in [5, 5.41) is 9.23. The van der Waals surface area contributed by atoms with Crippen LogP contribution in [0.1, 0.15) is 43.9 Å². The Kier molecular flexibility index (Phi) is 5.30. The largest absolute Gasteiger partial charge is 0.756 e. The van der Waals surface area contributed by atoms with Crippen molar-refractivity contribution in [3.8, 4) is 11.8 Å². The number of hydrogen-bond acceptors (Lipinski definition) is 7. The molecule has 3 atom stereocenters. The molecule has 0 aromatic heterocycles. The Balaban J connectivity index is 2.01. The first kappa shape index (κ1) is 19.8. The molecule has 1 N–H and O–H groups in total. The fraction of sp³-hybridized carbons (Fsp3) is 0.529. The second-order valence-corrected chi connectivity index (χ2v) is 8.20. The number of carbonyl (C=O) groups is 1. The molecule has 1 saturated heterocycles. The van der Waals surface area contributed by atoms with Gasteiger partial charge in [-0.25, -0.2) is 0 Å². The highest BCUT2D eigenvalue weighted by Crippen LogP contribution is 2.46. The number of hydrogen-bond donors (Lipinski definition) is 1. The van der Waals surface area contributed by atoms with Gasteiger partial charge in [0, 0.05) is 18.5 Å². The summed E-state index contributed by atoms with van der Waals surface area (Å²) in [7, 11) is -4.95. The second-order valence-electron chi connectivity index (χ2n) is 7.01. The molecule has 1 fully saturated rings. The maximum atomic E-state index is 12.4. The molecule has 1 unspecified atom stereocenters. The fourth-order valence-electron chi connectivity index (χ4n) is 3.58. The van der Waals surface area contributed by atoms with Crippen LogP contribution in [0.25, 0.3) is 0 Å². The van der Waals surface area contributed by atoms with Crippen LogP contribution in [0.3, 0.4) is 0 Å². The number of nitriles is 1. The topological polar surface area (TPSA) is 132 Å². The summed E-state index contributed by atoms with van der Waals surface area (Å²) < 4.78 is 26.8. The Morgan fingerprint density at radius 1 is 1.52 bits per heavy atom. The van der Waals surface area contributed by atoms with Crippen molar-refractivity contribution in [1.82, 2.24) is 4.90 Å². The Labute approximate surface area is 156 Å². The van der Waals surface area contributed by atoms with Gasteiger partial charge in [-0.1, -0.05) is 0 Å². The van der Waals surface area contributed by atoms with Crippen molar-refractivity contribution in [3.05, 3.63) is 29.3 Å². The number of nitrogens with zero attached hydrogens (tertiary/aromatic N) is 2. The first-order valence-corrected chi connectivity index (χ1v) is 9.94. The molecule has 2 aliphatic rings. The molecule has 2 heterocycles. The summed E-state index contributed by atoms with van der Waals surface area (Å²) in [5.41, 5.74) is 0.0893. The summed E-state index contributed by atoms with van der Waals surface area (Å²) in [6, 6.07) is 6.42. The summed E-state index contributed by atoms with van der Waals surface area (Å²) >= 11 is 0. The monoisotopic (exact) mass is 395 g/mol. The van der Waals surface area contributed by atoms with E-state index in [1.54, 1.807) is 36.9 Å². The lowest BCUT2D eigenvalue weighted by atomic mass is 9.85. The van der Waals surface area contributed by atoms with E-state index in [9.17, 15) is 19.5 Å². The minimum atomic E-state index is -4.95. The van der Waals surface area contributed by atoms with Gasteiger partial charge < -0.3 is 24.2 Å². The van der Waals surface area contributed by atoms with Crippen molar-refractivity contribution in [2.45, 2.75) is 44.4 Å². The van der Waals surface area contributed by atoms with Crippen LogP contribution in [-0.4, -0.2) is 40.7 Å². The van der Waals surface area contributed by atoms with E-state index < -0.39 is 32.4 Å². The number of likely N-dealkylation sites (tertiary alicyclic amines) is 1. The van der Waals surface area contributed by atoms with Crippen molar-refractivity contribution < 1.29 is 33.1 Å². The number of fused-ring (bicyclic) bond motifs is 1. The third-order valence-corrected chi connectivity index (χ3v) is 5.14. The van der Waals surface area contributed by atoms with E-state index in [1.807, 2.05) is 0 Å². The Morgan fingerprint density at radius 2 is 2.26 bits per heavy atom. The predicted octanol–water partition coefficient (Wildman–Crippen LogP) is 1.21. The van der Waals surface area contributed by atoms with Gasteiger partial charge in [0.2, 0.25) is 5.91 Å². The molecule has 146 valence electrons. The first-order chi connectivity index (χ1) is 12.6. The molecule has 0 spiro atoms. The number of phosphoric ester groups is 1. The van der Waals surface area contributed by atoms with Crippen LogP contribution < -0.4 is 9.63 Å². The molecule has 1 aromatic rings. The predicted molar refractivity (Wildman–Crippen MR) is 90.2 cm³/mol. The van der Waals surface area contributed by atoms with Gasteiger partial charge in [0.05, 0.1) is 17.7 Å². The van der Waals surface area contributed by atoms with Crippen LogP contribution in [0, 0.1) is 11.3 Å². The Morgan fingerprint density at radius 3 is 2.85 bits per heavy atom. The Hall–Kier alpha value is -1.95. The zero-order chi connectivity index (χ0) is 19.8. The third kappa shape index (κ3) is 4.15. The van der Waals surface area contributed by atoms with Crippen molar-refractivity contribution in [2.24, 2.45) is 0 Å². The zero-order valence-corrected chi connectivity index (χ0v) is 15.8. The smallest absolute Gasteiger partial charge is 0.267 e. The van der Waals surface area contributed by atoms with Crippen LogP contribution in [0.4, 0.5) is 0 Å². The number of ether oxygens (including phenoxy) is 2. The van der Waals surface area contributed by atoms with Crippen LogP contribution in [0.2, 0.25) is 0 Å². The van der Waals surface area contributed by atoms with Crippen LogP contribution in [0.5, 0.6) is 5.75 Å². The normalized spacial score (nSPS) is 26.0. The summed E-state index contributed by atoms with van der Waals surface area (Å²) in [6.07, 6.45) is 0.313. The van der Waals surface area contributed by atoms with E-state index in [0.29, 0.717) is 36.3 Å². The lowest BCUT2D eigenvalue weighted by molar-refractivity contribution is -0.236. The molecule has 9 nitrogen and oxygen atoms in total. The lowest BCUT2D eigenvalue weighted by Gasteiger charge is -2.47. The average molecular weight is 395 g/mol. The Bertz CT molecular complexity index is 829. The molecule has 0 bridgehead atoms. The molecule has 0 aliphatic carbocycles. The lowest BCUT2D eigenvalue weighted by Crippen LogP contribution is -2.55. The van der Waals surface area contributed by atoms with E-state index in [1.165, 1.54) is 0 Å². The minimum Gasteiger partial charge on any atom is -0.756 e. The quantitative estimate of drug-likeness (QED) is 0.581. The van der Waals surface area contributed by atoms with E-state index >= 15 is 0 Å². The van der Waals surface area contributed by atoms with Gasteiger partial charge in [-0.2, -0.15) is 5.26 Å². The maximum absolute atomic E-state index is 12.4. The SMILES string of the molecule is CC1(C)Oc2ccc(C#N)cc2[C@@H](N2CCCC2=O)[C@H]1OCOP(=O)([O-])O. The van der Waals surface area contributed by atoms with Gasteiger partial charge in [-0.05, 0) is 38.5 Å². The van der Waals surface area contributed by atoms with Crippen molar-refractivity contribution in [2.75, 3.05) is 13.3 Å². The molecular formula is C17H20N2O7P-. The summed E-state index contributed by atoms with van der Waals surface area (Å²) in [4.78, 5) is 33.7. The van der Waals surface area contributed by atoms with Crippen molar-refractivity contribution in [3.63, 3.8) is 0 Å². The van der Waals surface area contributed by atoms with E-state index in [0.717, 1.165) is 0 Å². The van der Waals surface area contributed by atoms with Crippen LogP contribution in [0.15, 0.2) is 18.2 Å². The van der Waals surface area contributed by atoms with Gasteiger partial charge in [0.1, 0.15) is 17.5 Å². The van der Waals surface area contributed by atoms with Crippen LogP contribution >= 0.6 is 7.82 Å². The van der Waals surface area contributed by atoms with Crippen molar-refractivity contribution >= 4 is 13.7 Å². The number of benzene rings is 1. The standard InChI is InChI=1S/C17H21N2O7P/c1-17(2)16(24-10-25-27(21,22)23)15(19-7-3-4-14(19)20)12-8-11(9-18)5-6-13(12)26-17/h5-6,8,15-16H,3-4,7,10H2,1-2H3,(H2,21,22,23)/p-1/t15-,16-/m1/s1. The third-order valence-electron chi connectivity index (χ3n) is 4.71. The van der Waals surface area contributed by atoms with E-state index in [4.69, 9.17) is 14.4 Å². The molecule has 0 saturated carbocycles. The molecule has 1 amide bonds. The number of rotatable bonds is 5. The molecule has 3 rings (SSSR count). The average Bonchev–Trinajstić information content (AvgIpc) is 2.99. The van der Waals surface area contributed by atoms with Gasteiger partial charge in [0.25, 0.3) is 7.82 Å². The fourth-order valence-corrected chi connectivity index (χ4v) is 3.78. The summed E-state index contributed by atoms with van der Waals surface area (Å²) in [5.74, 6) is 0.471. The highest BCUT2D eigenvalue weighted by Gasteiger charge is 2.49. The molecule has 10 heteroatoms. The van der Waals surface area contributed by atoms with Gasteiger partial charge in [-0.15, -0.1) is 0 Å². The molecule has 1 aromatic carbocycles. The number of phosphoric acid groups is 1.